The van der Waals surface area contributed by atoms with Crippen molar-refractivity contribution < 1.29 is 9.26 Å². The molecule has 1 aromatic carbocycles. The summed E-state index contributed by atoms with van der Waals surface area (Å²) < 4.78 is 10.9. The quantitative estimate of drug-likeness (QED) is 0.849. The second-order valence-electron chi connectivity index (χ2n) is 5.30. The van der Waals surface area contributed by atoms with Crippen LogP contribution in [0, 0.1) is 0 Å². The number of hydrogen-bond acceptors (Lipinski definition) is 5. The molecule has 0 fully saturated rings. The lowest BCUT2D eigenvalue weighted by Gasteiger charge is -2.20. The lowest BCUT2D eigenvalue weighted by atomic mass is 9.84. The van der Waals surface area contributed by atoms with Gasteiger partial charge in [0.1, 0.15) is 6.10 Å². The summed E-state index contributed by atoms with van der Waals surface area (Å²) in [6, 6.07) is 7.70. The van der Waals surface area contributed by atoms with Crippen molar-refractivity contribution in [1.82, 2.24) is 10.1 Å². The summed E-state index contributed by atoms with van der Waals surface area (Å²) in [6.45, 7) is 8.55. The van der Waals surface area contributed by atoms with Crippen LogP contribution in [0.1, 0.15) is 51.1 Å². The van der Waals surface area contributed by atoms with Crippen molar-refractivity contribution >= 4 is 5.69 Å². The van der Waals surface area contributed by atoms with Crippen LogP contribution in [0.2, 0.25) is 0 Å². The predicted molar refractivity (Wildman–Crippen MR) is 77.3 cm³/mol. The van der Waals surface area contributed by atoms with E-state index in [0.29, 0.717) is 18.3 Å². The molecular formula is C15H21N3O2. The van der Waals surface area contributed by atoms with Crippen molar-refractivity contribution in [3.63, 3.8) is 0 Å². The number of nitrogen functional groups attached to an aromatic ring is 1. The highest BCUT2D eigenvalue weighted by Crippen LogP contribution is 2.31. The fourth-order valence-electron chi connectivity index (χ4n) is 2.00. The van der Waals surface area contributed by atoms with Gasteiger partial charge in [0, 0.05) is 12.3 Å². The van der Waals surface area contributed by atoms with E-state index in [0.717, 1.165) is 11.3 Å². The van der Waals surface area contributed by atoms with Crippen molar-refractivity contribution in [2.24, 2.45) is 0 Å². The molecule has 1 unspecified atom stereocenters. The Kier molecular flexibility index (Phi) is 4.09. The van der Waals surface area contributed by atoms with Crippen LogP contribution in [0.4, 0.5) is 5.69 Å². The minimum atomic E-state index is -0.370. The molecule has 2 N–H and O–H groups in total. The van der Waals surface area contributed by atoms with E-state index in [-0.39, 0.29) is 11.5 Å². The van der Waals surface area contributed by atoms with Gasteiger partial charge in [0.25, 0.3) is 0 Å². The number of hydrogen-bond donors (Lipinski definition) is 1. The smallest absolute Gasteiger partial charge is 0.236 e. The molecule has 5 heteroatoms. The molecule has 0 radical (unpaired) electrons. The minimum Gasteiger partial charge on any atom is -0.399 e. The van der Waals surface area contributed by atoms with Crippen LogP contribution < -0.4 is 5.73 Å². The maximum absolute atomic E-state index is 5.72. The van der Waals surface area contributed by atoms with Gasteiger partial charge in [0.05, 0.1) is 5.41 Å². The second-order valence-corrected chi connectivity index (χ2v) is 5.30. The Morgan fingerprint density at radius 2 is 1.95 bits per heavy atom. The Morgan fingerprint density at radius 3 is 2.55 bits per heavy atom. The van der Waals surface area contributed by atoms with Crippen LogP contribution in [-0.4, -0.2) is 16.7 Å². The summed E-state index contributed by atoms with van der Waals surface area (Å²) in [4.78, 5) is 4.47. The molecule has 0 aliphatic carbocycles. The van der Waals surface area contributed by atoms with E-state index in [1.165, 1.54) is 0 Å². The average molecular weight is 275 g/mol. The van der Waals surface area contributed by atoms with Crippen LogP contribution in [0.3, 0.4) is 0 Å². The van der Waals surface area contributed by atoms with E-state index < -0.39 is 0 Å². The van der Waals surface area contributed by atoms with E-state index >= 15 is 0 Å². The molecule has 0 saturated heterocycles. The topological polar surface area (TPSA) is 74.2 Å². The van der Waals surface area contributed by atoms with Crippen LogP contribution >= 0.6 is 0 Å². The summed E-state index contributed by atoms with van der Waals surface area (Å²) in [5, 5.41) is 4.01. The third-order valence-corrected chi connectivity index (χ3v) is 3.39. The zero-order chi connectivity index (χ0) is 14.8. The van der Waals surface area contributed by atoms with Gasteiger partial charge < -0.3 is 15.0 Å². The third-order valence-electron chi connectivity index (χ3n) is 3.39. The minimum absolute atomic E-state index is 0.167. The molecule has 0 saturated carbocycles. The summed E-state index contributed by atoms with van der Waals surface area (Å²) in [6.07, 6.45) is -0.167. The number of rotatable bonds is 5. The van der Waals surface area contributed by atoms with E-state index in [4.69, 9.17) is 15.0 Å². The second kappa shape index (κ2) is 5.63. The van der Waals surface area contributed by atoms with Crippen molar-refractivity contribution in [2.75, 3.05) is 12.3 Å². The lowest BCUT2D eigenvalue weighted by molar-refractivity contribution is 0.0683. The van der Waals surface area contributed by atoms with Crippen molar-refractivity contribution in [3.8, 4) is 0 Å². The Balaban J connectivity index is 2.27. The van der Waals surface area contributed by atoms with Gasteiger partial charge in [-0.3, -0.25) is 0 Å². The zero-order valence-corrected chi connectivity index (χ0v) is 12.4. The molecule has 0 spiro atoms. The van der Waals surface area contributed by atoms with Gasteiger partial charge in [-0.15, -0.1) is 0 Å². The number of aromatic nitrogens is 2. The Morgan fingerprint density at radius 1 is 1.30 bits per heavy atom. The summed E-state index contributed by atoms with van der Waals surface area (Å²) in [5.74, 6) is 1.15. The molecular weight excluding hydrogens is 254 g/mol. The summed E-state index contributed by atoms with van der Waals surface area (Å²) >= 11 is 0. The predicted octanol–water partition coefficient (Wildman–Crippen LogP) is 3.08. The molecule has 0 aliphatic heterocycles. The highest BCUT2D eigenvalue weighted by Gasteiger charge is 2.30. The molecule has 108 valence electrons. The normalized spacial score (nSPS) is 13.4. The van der Waals surface area contributed by atoms with Gasteiger partial charge in [-0.05, 0) is 45.4 Å². The molecule has 5 nitrogen and oxygen atoms in total. The molecule has 1 atom stereocenters. The van der Waals surface area contributed by atoms with Gasteiger partial charge in [-0.25, -0.2) is 0 Å². The Bertz CT molecular complexity index is 561. The van der Waals surface area contributed by atoms with Gasteiger partial charge >= 0.3 is 0 Å². The maximum atomic E-state index is 5.72. The molecule has 1 heterocycles. The van der Waals surface area contributed by atoms with Crippen LogP contribution in [-0.2, 0) is 10.2 Å². The summed E-state index contributed by atoms with van der Waals surface area (Å²) in [5.41, 5.74) is 7.16. The van der Waals surface area contributed by atoms with Gasteiger partial charge in [0.2, 0.25) is 5.89 Å². The monoisotopic (exact) mass is 275 g/mol. The standard InChI is InChI=1S/C15H21N3O2/c1-5-19-10(2)13-17-14(20-18-13)15(3,4)11-6-8-12(16)9-7-11/h6-10H,5,16H2,1-4H3. The first-order valence-electron chi connectivity index (χ1n) is 6.77. The highest BCUT2D eigenvalue weighted by molar-refractivity contribution is 5.42. The summed E-state index contributed by atoms with van der Waals surface area (Å²) in [7, 11) is 0. The molecule has 2 aromatic rings. The van der Waals surface area contributed by atoms with Crippen molar-refractivity contribution in [2.45, 2.75) is 39.2 Å². The first kappa shape index (κ1) is 14.5. The molecule has 2 rings (SSSR count). The van der Waals surface area contributed by atoms with E-state index in [1.807, 2.05) is 52.0 Å². The number of nitrogens with zero attached hydrogens (tertiary/aromatic N) is 2. The Labute approximate surface area is 119 Å². The average Bonchev–Trinajstić information content (AvgIpc) is 2.90. The van der Waals surface area contributed by atoms with E-state index in [9.17, 15) is 0 Å². The van der Waals surface area contributed by atoms with Crippen molar-refractivity contribution in [3.05, 3.63) is 41.5 Å². The third kappa shape index (κ3) is 2.82. The molecule has 20 heavy (non-hydrogen) atoms. The molecule has 0 aliphatic rings. The van der Waals surface area contributed by atoms with Crippen LogP contribution in [0.25, 0.3) is 0 Å². The van der Waals surface area contributed by atoms with E-state index in [1.54, 1.807) is 0 Å². The van der Waals surface area contributed by atoms with Crippen LogP contribution in [0.15, 0.2) is 28.8 Å². The SMILES string of the molecule is CCOC(C)c1noc(C(C)(C)c2ccc(N)cc2)n1. The number of nitrogens with two attached hydrogens (primary N) is 1. The fourth-order valence-corrected chi connectivity index (χ4v) is 2.00. The van der Waals surface area contributed by atoms with Gasteiger partial charge in [0.15, 0.2) is 5.82 Å². The molecule has 1 aromatic heterocycles. The number of anilines is 1. The maximum Gasteiger partial charge on any atom is 0.236 e. The zero-order valence-electron chi connectivity index (χ0n) is 12.4. The first-order valence-corrected chi connectivity index (χ1v) is 6.77. The molecule has 0 bridgehead atoms. The number of ether oxygens (including phenoxy) is 1. The highest BCUT2D eigenvalue weighted by atomic mass is 16.5. The fraction of sp³-hybridized carbons (Fsp3) is 0.467. The number of benzene rings is 1. The van der Waals surface area contributed by atoms with Crippen molar-refractivity contribution in [1.29, 1.82) is 0 Å². The first-order chi connectivity index (χ1) is 9.45. The van der Waals surface area contributed by atoms with Gasteiger partial charge in [-0.1, -0.05) is 17.3 Å². The molecule has 0 amide bonds. The Hall–Kier alpha value is -1.88. The van der Waals surface area contributed by atoms with Crippen LogP contribution in [0.5, 0.6) is 0 Å². The van der Waals surface area contributed by atoms with E-state index in [2.05, 4.69) is 10.1 Å². The largest absolute Gasteiger partial charge is 0.399 e. The van der Waals surface area contributed by atoms with Gasteiger partial charge in [-0.2, -0.15) is 4.98 Å². The lowest BCUT2D eigenvalue weighted by Crippen LogP contribution is -2.19.